The number of rotatable bonds is 0. The van der Waals surface area contributed by atoms with Gasteiger partial charge in [0, 0.05) is 13.8 Å². The van der Waals surface area contributed by atoms with Crippen molar-refractivity contribution in [3.8, 4) is 0 Å². The first kappa shape index (κ1) is 2.45. The maximum absolute atomic E-state index is 3.60. The zero-order valence-corrected chi connectivity index (χ0v) is 2.68. The minimum atomic E-state index is 0. The molecule has 1 aromatic heterocycles. The Morgan fingerprint density at radius 3 is 3.00 bits per heavy atom. The third kappa shape index (κ3) is 0.265. The van der Waals surface area contributed by atoms with E-state index in [1.54, 1.807) is 12.4 Å². The Hall–Kier alpha value is -0.790. The van der Waals surface area contributed by atoms with Crippen LogP contribution in [0.25, 0.3) is 0 Å². The van der Waals surface area contributed by atoms with Gasteiger partial charge in [-0.2, -0.15) is 5.10 Å². The Bertz CT molecular complexity index is 65.3. The average Bonchev–Trinajstić information content (AvgIpc) is 1.76. The molecule has 0 aliphatic rings. The molecule has 1 aromatic rings. The van der Waals surface area contributed by atoms with Gasteiger partial charge in [0.1, 0.15) is 0 Å². The number of aromatic nitrogens is 2. The fraction of sp³-hybridized carbons (Fsp3) is 0. The van der Waals surface area contributed by atoms with Gasteiger partial charge in [-0.15, -0.1) is 0 Å². The maximum atomic E-state index is 3.60. The van der Waals surface area contributed by atoms with Crippen molar-refractivity contribution in [3.05, 3.63) is 18.5 Å². The van der Waals surface area contributed by atoms with Crippen molar-refractivity contribution in [2.45, 2.75) is 0 Å². The van der Waals surface area contributed by atoms with Crippen LogP contribution in [0.2, 0.25) is 0 Å². The van der Waals surface area contributed by atoms with E-state index in [1.807, 2.05) is 6.07 Å². The van der Waals surface area contributed by atoms with Gasteiger partial charge in [0.2, 0.25) is 0 Å². The Morgan fingerprint density at radius 2 is 2.80 bits per heavy atom. The molecule has 0 fully saturated rings. The number of nitrogens with zero attached hydrogens (tertiary/aromatic N) is 1. The van der Waals surface area contributed by atoms with Crippen molar-refractivity contribution in [1.82, 2.24) is 10.2 Å². The van der Waals surface area contributed by atoms with E-state index in [0.29, 0.717) is 0 Å². The zero-order chi connectivity index (χ0) is 3.54. The third-order valence-electron chi connectivity index (χ3n) is 0.406. The van der Waals surface area contributed by atoms with Gasteiger partial charge in [0.25, 0.3) is 0 Å². The molecule has 0 aliphatic heterocycles. The van der Waals surface area contributed by atoms with Crippen molar-refractivity contribution in [2.24, 2.45) is 0 Å². The second kappa shape index (κ2) is 0.885. The summed E-state index contributed by atoms with van der Waals surface area (Å²) in [7, 11) is 0. The molecule has 1 heterocycles. The quantitative estimate of drug-likeness (QED) is 0.472. The molecular weight excluding hydrogens is 64.0 g/mol. The summed E-state index contributed by atoms with van der Waals surface area (Å²) >= 11 is 0. The smallest absolute Gasteiger partial charge is 0.0487 e. The molecule has 2 heteroatoms. The topological polar surface area (TPSA) is 28.7 Å². The van der Waals surface area contributed by atoms with E-state index in [1.165, 1.54) is 0 Å². The van der Waals surface area contributed by atoms with E-state index >= 15 is 0 Å². The fourth-order valence-corrected chi connectivity index (χ4v) is 0.215. The summed E-state index contributed by atoms with van der Waals surface area (Å²) < 4.78 is 0. The first-order chi connectivity index (χ1) is 2.50. The van der Waals surface area contributed by atoms with Crippen molar-refractivity contribution < 1.29 is 1.43 Å². The Labute approximate surface area is 31.3 Å². The van der Waals surface area contributed by atoms with E-state index in [0.717, 1.165) is 0 Å². The van der Waals surface area contributed by atoms with Gasteiger partial charge in [0.15, 0.2) is 0 Å². The van der Waals surface area contributed by atoms with Crippen molar-refractivity contribution in [3.63, 3.8) is 0 Å². The largest absolute Gasteiger partial charge is 0.286 e. The van der Waals surface area contributed by atoms with Crippen LogP contribution in [0.3, 0.4) is 0 Å². The van der Waals surface area contributed by atoms with Gasteiger partial charge in [-0.1, -0.05) is 0 Å². The second-order valence-electron chi connectivity index (χ2n) is 0.766. The molecular formula is C3H5N2. The molecule has 1 N–H and O–H groups in total. The highest BCUT2D eigenvalue weighted by Gasteiger charge is 1.56. The Morgan fingerprint density at radius 1 is 1.80 bits per heavy atom. The summed E-state index contributed by atoms with van der Waals surface area (Å²) in [6.45, 7) is 0. The highest BCUT2D eigenvalue weighted by molar-refractivity contribution is 4.72. The third-order valence-corrected chi connectivity index (χ3v) is 0.406. The lowest BCUT2D eigenvalue weighted by molar-refractivity contribution is 1.09. The minimum absolute atomic E-state index is 0. The molecule has 1 radical (unpaired) electrons. The standard InChI is InChI=1S/C3H4N2.H/c1-2-4-5-3-1;/h1-3H,(H,4,5);. The number of hydrogen-bond acceptors (Lipinski definition) is 1. The summed E-state index contributed by atoms with van der Waals surface area (Å²) in [5, 5.41) is 6.21. The molecule has 2 nitrogen and oxygen atoms in total. The van der Waals surface area contributed by atoms with Crippen LogP contribution < -0.4 is 0 Å². The molecule has 0 spiro atoms. The molecule has 0 amide bonds. The minimum Gasteiger partial charge on any atom is -0.286 e. The van der Waals surface area contributed by atoms with Crippen molar-refractivity contribution >= 4 is 0 Å². The van der Waals surface area contributed by atoms with Crippen LogP contribution in [-0.2, 0) is 0 Å². The molecule has 0 aliphatic carbocycles. The van der Waals surface area contributed by atoms with Gasteiger partial charge in [-0.25, -0.2) is 0 Å². The number of H-pyrrole nitrogens is 1. The number of hydrogen-bond donors (Lipinski definition) is 1. The molecule has 0 aromatic carbocycles. The van der Waals surface area contributed by atoms with E-state index < -0.39 is 0 Å². The van der Waals surface area contributed by atoms with Crippen LogP contribution in [-0.4, -0.2) is 10.2 Å². The lowest BCUT2D eigenvalue weighted by atomic mass is 10.8. The van der Waals surface area contributed by atoms with E-state index in [9.17, 15) is 0 Å². The van der Waals surface area contributed by atoms with Crippen LogP contribution in [0.5, 0.6) is 0 Å². The van der Waals surface area contributed by atoms with Crippen LogP contribution in [0.4, 0.5) is 0 Å². The van der Waals surface area contributed by atoms with Gasteiger partial charge in [0.05, 0.1) is 0 Å². The fourth-order valence-electron chi connectivity index (χ4n) is 0.215. The molecule has 5 heavy (non-hydrogen) atoms. The first-order valence-corrected chi connectivity index (χ1v) is 1.44. The van der Waals surface area contributed by atoms with Gasteiger partial charge in [-0.3, -0.25) is 5.10 Å². The normalized spacial score (nSPS) is 8.00. The number of aromatic amines is 1. The lowest BCUT2D eigenvalue weighted by Gasteiger charge is -1.49. The van der Waals surface area contributed by atoms with Crippen LogP contribution in [0, 0.1) is 0 Å². The highest BCUT2D eigenvalue weighted by Crippen LogP contribution is 1.64. The summed E-state index contributed by atoms with van der Waals surface area (Å²) in [4.78, 5) is 0. The van der Waals surface area contributed by atoms with Gasteiger partial charge in [-0.05, 0) is 6.07 Å². The monoisotopic (exact) mass is 69.0 g/mol. The molecule has 27 valence electrons. The predicted molar refractivity (Wildman–Crippen MR) is 19.7 cm³/mol. The average molecular weight is 69.1 g/mol. The molecule has 0 atom stereocenters. The molecule has 0 unspecified atom stereocenters. The van der Waals surface area contributed by atoms with E-state index in [4.69, 9.17) is 0 Å². The molecule has 1 rings (SSSR count). The Kier molecular flexibility index (Phi) is 0.433. The molecule has 0 bridgehead atoms. The van der Waals surface area contributed by atoms with Crippen LogP contribution in [0.1, 0.15) is 1.43 Å². The van der Waals surface area contributed by atoms with Crippen LogP contribution in [0.15, 0.2) is 18.5 Å². The summed E-state index contributed by atoms with van der Waals surface area (Å²) in [6, 6.07) is 1.83. The Balaban J connectivity index is 0.000000250. The van der Waals surface area contributed by atoms with E-state index in [2.05, 4.69) is 10.2 Å². The molecule has 0 saturated heterocycles. The highest BCUT2D eigenvalue weighted by atomic mass is 15.1. The van der Waals surface area contributed by atoms with Gasteiger partial charge < -0.3 is 0 Å². The lowest BCUT2D eigenvalue weighted by Crippen LogP contribution is -1.53. The summed E-state index contributed by atoms with van der Waals surface area (Å²) in [5.41, 5.74) is 0. The predicted octanol–water partition coefficient (Wildman–Crippen LogP) is 0.522. The van der Waals surface area contributed by atoms with Gasteiger partial charge >= 0.3 is 0 Å². The second-order valence-corrected chi connectivity index (χ2v) is 0.766. The maximum Gasteiger partial charge on any atom is 0.0487 e. The summed E-state index contributed by atoms with van der Waals surface area (Å²) in [6.07, 6.45) is 3.46. The zero-order valence-electron chi connectivity index (χ0n) is 3.68. The SMILES string of the molecule is [H].c1cn[nH]c1. The van der Waals surface area contributed by atoms with Crippen molar-refractivity contribution in [1.29, 1.82) is 0 Å². The first-order valence-electron chi connectivity index (χ1n) is 1.44. The van der Waals surface area contributed by atoms with E-state index in [-0.39, 0.29) is 1.43 Å². The summed E-state index contributed by atoms with van der Waals surface area (Å²) in [5.74, 6) is 0. The van der Waals surface area contributed by atoms with Crippen LogP contribution >= 0.6 is 0 Å². The molecule has 0 saturated carbocycles. The van der Waals surface area contributed by atoms with Crippen molar-refractivity contribution in [2.75, 3.05) is 0 Å². The number of nitrogens with one attached hydrogen (secondary N) is 1.